The van der Waals surface area contributed by atoms with Crippen molar-refractivity contribution < 1.29 is 14.3 Å². The lowest BCUT2D eigenvalue weighted by atomic mass is 10.2. The number of esters is 1. The molecule has 0 aromatic rings. The molecule has 0 atom stereocenters. The third-order valence-corrected chi connectivity index (χ3v) is 2.60. The molecule has 0 spiro atoms. The Hall–Kier alpha value is -1.10. The van der Waals surface area contributed by atoms with Crippen molar-refractivity contribution in [2.45, 2.75) is 46.0 Å². The summed E-state index contributed by atoms with van der Waals surface area (Å²) in [5.74, 6) is -0.191. The minimum atomic E-state index is -0.259. The second-order valence-corrected chi connectivity index (χ2v) is 4.38. The third-order valence-electron chi connectivity index (χ3n) is 2.60. The standard InChI is InChI=1S/C13H26N2O3/c1-5-7-8-9-12(16)15(14(3)4)11-10-13(17)18-6-2/h5-11H2,1-4H3. The van der Waals surface area contributed by atoms with Gasteiger partial charge in [0.2, 0.25) is 5.91 Å². The third kappa shape index (κ3) is 7.27. The van der Waals surface area contributed by atoms with Crippen molar-refractivity contribution in [3.8, 4) is 0 Å². The molecular formula is C13H26N2O3. The predicted molar refractivity (Wildman–Crippen MR) is 70.8 cm³/mol. The van der Waals surface area contributed by atoms with Gasteiger partial charge in [-0.1, -0.05) is 19.8 Å². The molecule has 0 aliphatic heterocycles. The first-order chi connectivity index (χ1) is 8.52. The first-order valence-electron chi connectivity index (χ1n) is 6.66. The van der Waals surface area contributed by atoms with E-state index in [1.54, 1.807) is 16.9 Å². The van der Waals surface area contributed by atoms with Gasteiger partial charge in [-0.05, 0) is 13.3 Å². The Balaban J connectivity index is 4.13. The Kier molecular flexibility index (Phi) is 9.28. The second kappa shape index (κ2) is 9.88. The number of carbonyl (C=O) groups excluding carboxylic acids is 2. The molecule has 0 aromatic heterocycles. The second-order valence-electron chi connectivity index (χ2n) is 4.38. The molecule has 0 N–H and O–H groups in total. The van der Waals surface area contributed by atoms with E-state index in [0.717, 1.165) is 19.3 Å². The number of amides is 1. The summed E-state index contributed by atoms with van der Waals surface area (Å²) >= 11 is 0. The van der Waals surface area contributed by atoms with E-state index in [0.29, 0.717) is 19.6 Å². The van der Waals surface area contributed by atoms with Crippen molar-refractivity contribution in [2.24, 2.45) is 0 Å². The van der Waals surface area contributed by atoms with Gasteiger partial charge in [0.1, 0.15) is 0 Å². The Morgan fingerprint density at radius 2 is 1.72 bits per heavy atom. The molecule has 0 radical (unpaired) electrons. The van der Waals surface area contributed by atoms with Gasteiger partial charge in [-0.2, -0.15) is 0 Å². The highest BCUT2D eigenvalue weighted by molar-refractivity contribution is 5.76. The fourth-order valence-electron chi connectivity index (χ4n) is 1.63. The van der Waals surface area contributed by atoms with Crippen molar-refractivity contribution in [3.05, 3.63) is 0 Å². The SMILES string of the molecule is CCCCCC(=O)N(CCC(=O)OCC)N(C)C. The molecule has 18 heavy (non-hydrogen) atoms. The van der Waals surface area contributed by atoms with Crippen LogP contribution < -0.4 is 0 Å². The van der Waals surface area contributed by atoms with E-state index in [1.165, 1.54) is 0 Å². The van der Waals surface area contributed by atoms with Crippen molar-refractivity contribution in [3.63, 3.8) is 0 Å². The number of unbranched alkanes of at least 4 members (excludes halogenated alkanes) is 2. The molecule has 0 aromatic carbocycles. The van der Waals surface area contributed by atoms with Crippen LogP contribution >= 0.6 is 0 Å². The first kappa shape index (κ1) is 16.9. The molecular weight excluding hydrogens is 232 g/mol. The van der Waals surface area contributed by atoms with E-state index >= 15 is 0 Å². The molecule has 0 fully saturated rings. The van der Waals surface area contributed by atoms with Crippen LogP contribution in [0.4, 0.5) is 0 Å². The van der Waals surface area contributed by atoms with Crippen LogP contribution in [0.2, 0.25) is 0 Å². The van der Waals surface area contributed by atoms with Crippen LogP contribution in [0.15, 0.2) is 0 Å². The fraction of sp³-hybridized carbons (Fsp3) is 0.846. The minimum absolute atomic E-state index is 0.0674. The van der Waals surface area contributed by atoms with Gasteiger partial charge in [-0.3, -0.25) is 14.6 Å². The molecule has 0 unspecified atom stereocenters. The van der Waals surface area contributed by atoms with Crippen LogP contribution in [0.5, 0.6) is 0 Å². The van der Waals surface area contributed by atoms with Gasteiger partial charge >= 0.3 is 5.97 Å². The lowest BCUT2D eigenvalue weighted by Crippen LogP contribution is -2.43. The topological polar surface area (TPSA) is 49.9 Å². The maximum Gasteiger partial charge on any atom is 0.307 e. The molecule has 5 nitrogen and oxygen atoms in total. The number of rotatable bonds is 9. The van der Waals surface area contributed by atoms with Crippen molar-refractivity contribution >= 4 is 11.9 Å². The van der Waals surface area contributed by atoms with E-state index in [-0.39, 0.29) is 18.3 Å². The zero-order valence-electron chi connectivity index (χ0n) is 12.1. The molecule has 0 rings (SSSR count). The predicted octanol–water partition coefficient (Wildman–Crippen LogP) is 1.83. The molecule has 5 heteroatoms. The summed E-state index contributed by atoms with van der Waals surface area (Å²) in [5, 5.41) is 3.33. The zero-order chi connectivity index (χ0) is 14.0. The van der Waals surface area contributed by atoms with Crippen LogP contribution in [0.1, 0.15) is 46.0 Å². The fourth-order valence-corrected chi connectivity index (χ4v) is 1.63. The number of ether oxygens (including phenoxy) is 1. The molecule has 0 heterocycles. The van der Waals surface area contributed by atoms with E-state index < -0.39 is 0 Å². The van der Waals surface area contributed by atoms with Crippen LogP contribution in [-0.4, -0.2) is 49.1 Å². The lowest BCUT2D eigenvalue weighted by Gasteiger charge is -2.28. The highest BCUT2D eigenvalue weighted by atomic mass is 16.5. The first-order valence-corrected chi connectivity index (χ1v) is 6.66. The molecule has 0 bridgehead atoms. The van der Waals surface area contributed by atoms with Gasteiger partial charge in [-0.15, -0.1) is 0 Å². The largest absolute Gasteiger partial charge is 0.466 e. The molecule has 0 saturated carbocycles. The normalized spacial score (nSPS) is 10.5. The zero-order valence-corrected chi connectivity index (χ0v) is 12.1. The van der Waals surface area contributed by atoms with Crippen molar-refractivity contribution in [1.29, 1.82) is 0 Å². The summed E-state index contributed by atoms with van der Waals surface area (Å²) < 4.78 is 4.85. The Morgan fingerprint density at radius 1 is 1.06 bits per heavy atom. The molecule has 0 aliphatic rings. The average molecular weight is 258 g/mol. The van der Waals surface area contributed by atoms with Gasteiger partial charge in [0.25, 0.3) is 0 Å². The van der Waals surface area contributed by atoms with Crippen LogP contribution in [0.3, 0.4) is 0 Å². The molecule has 106 valence electrons. The summed E-state index contributed by atoms with van der Waals surface area (Å²) in [5.41, 5.74) is 0. The Morgan fingerprint density at radius 3 is 2.22 bits per heavy atom. The van der Waals surface area contributed by atoms with E-state index in [2.05, 4.69) is 6.92 Å². The van der Waals surface area contributed by atoms with E-state index in [4.69, 9.17) is 4.74 Å². The van der Waals surface area contributed by atoms with Gasteiger partial charge in [0, 0.05) is 27.1 Å². The quantitative estimate of drug-likeness (QED) is 0.359. The van der Waals surface area contributed by atoms with Gasteiger partial charge < -0.3 is 4.74 Å². The van der Waals surface area contributed by atoms with Gasteiger partial charge in [-0.25, -0.2) is 5.01 Å². The highest BCUT2D eigenvalue weighted by Crippen LogP contribution is 2.05. The summed E-state index contributed by atoms with van der Waals surface area (Å²) in [6.07, 6.45) is 3.84. The van der Waals surface area contributed by atoms with Crippen molar-refractivity contribution in [1.82, 2.24) is 10.0 Å². The maximum absolute atomic E-state index is 12.0. The van der Waals surface area contributed by atoms with Gasteiger partial charge in [0.05, 0.1) is 13.0 Å². The summed E-state index contributed by atoms with van der Waals surface area (Å²) in [4.78, 5) is 23.2. The summed E-state index contributed by atoms with van der Waals surface area (Å²) in [7, 11) is 3.62. The lowest BCUT2D eigenvalue weighted by molar-refractivity contribution is -0.149. The number of hydrogen-bond donors (Lipinski definition) is 0. The highest BCUT2D eigenvalue weighted by Gasteiger charge is 2.16. The average Bonchev–Trinajstić information content (AvgIpc) is 2.29. The summed E-state index contributed by atoms with van der Waals surface area (Å²) in [6.45, 7) is 4.65. The number of nitrogens with zero attached hydrogens (tertiary/aromatic N) is 2. The van der Waals surface area contributed by atoms with Gasteiger partial charge in [0.15, 0.2) is 0 Å². The van der Waals surface area contributed by atoms with Crippen LogP contribution in [-0.2, 0) is 14.3 Å². The Labute approximate surface area is 110 Å². The van der Waals surface area contributed by atoms with E-state index in [9.17, 15) is 9.59 Å². The Bertz CT molecular complexity index is 255. The molecule has 1 amide bonds. The van der Waals surface area contributed by atoms with Crippen LogP contribution in [0, 0.1) is 0 Å². The van der Waals surface area contributed by atoms with Crippen LogP contribution in [0.25, 0.3) is 0 Å². The summed E-state index contributed by atoms with van der Waals surface area (Å²) in [6, 6.07) is 0. The molecule has 0 saturated heterocycles. The smallest absolute Gasteiger partial charge is 0.307 e. The maximum atomic E-state index is 12.0. The monoisotopic (exact) mass is 258 g/mol. The molecule has 0 aliphatic carbocycles. The van der Waals surface area contributed by atoms with E-state index in [1.807, 2.05) is 14.1 Å². The number of carbonyl (C=O) groups is 2. The number of hydrogen-bond acceptors (Lipinski definition) is 4. The van der Waals surface area contributed by atoms with Crippen molar-refractivity contribution in [2.75, 3.05) is 27.2 Å². The number of hydrazine groups is 1. The minimum Gasteiger partial charge on any atom is -0.466 e.